The van der Waals surface area contributed by atoms with E-state index in [0.717, 1.165) is 38.4 Å². The molecule has 1 amide bonds. The molecule has 1 saturated heterocycles. The summed E-state index contributed by atoms with van der Waals surface area (Å²) in [5.41, 5.74) is 0. The van der Waals surface area contributed by atoms with Crippen LogP contribution in [0.25, 0.3) is 0 Å². The standard InChI is InChI=1S/C12H22N2O.ClH/c1-14(12(15)11-3-2-4-11)9-10-5-7-13-8-6-10;/h10-11,13H,2-9H2,1H3;1H. The summed E-state index contributed by atoms with van der Waals surface area (Å²) in [4.78, 5) is 13.9. The molecule has 94 valence electrons. The fraction of sp³-hybridized carbons (Fsp3) is 0.917. The Kier molecular flexibility index (Phi) is 5.56. The van der Waals surface area contributed by atoms with Crippen LogP contribution in [0.15, 0.2) is 0 Å². The average molecular weight is 247 g/mol. The molecule has 0 aromatic rings. The monoisotopic (exact) mass is 246 g/mol. The molecular weight excluding hydrogens is 224 g/mol. The van der Waals surface area contributed by atoms with Gasteiger partial charge in [-0.3, -0.25) is 4.79 Å². The lowest BCUT2D eigenvalue weighted by Crippen LogP contribution is -2.41. The Bertz CT molecular complexity index is 225. The van der Waals surface area contributed by atoms with Crippen molar-refractivity contribution >= 4 is 18.3 Å². The van der Waals surface area contributed by atoms with Crippen molar-refractivity contribution in [2.45, 2.75) is 32.1 Å². The fourth-order valence-corrected chi connectivity index (χ4v) is 2.51. The van der Waals surface area contributed by atoms with Gasteiger partial charge in [0.05, 0.1) is 0 Å². The van der Waals surface area contributed by atoms with Crippen molar-refractivity contribution in [3.63, 3.8) is 0 Å². The first-order chi connectivity index (χ1) is 7.27. The minimum Gasteiger partial charge on any atom is -0.345 e. The van der Waals surface area contributed by atoms with Crippen molar-refractivity contribution in [3.8, 4) is 0 Å². The summed E-state index contributed by atoms with van der Waals surface area (Å²) in [6.07, 6.45) is 5.94. The first-order valence-electron chi connectivity index (χ1n) is 6.23. The Hall–Kier alpha value is -0.280. The van der Waals surface area contributed by atoms with E-state index >= 15 is 0 Å². The summed E-state index contributed by atoms with van der Waals surface area (Å²) in [6, 6.07) is 0. The smallest absolute Gasteiger partial charge is 0.225 e. The van der Waals surface area contributed by atoms with Gasteiger partial charge in [0.15, 0.2) is 0 Å². The third kappa shape index (κ3) is 3.36. The van der Waals surface area contributed by atoms with Crippen molar-refractivity contribution < 1.29 is 4.79 Å². The van der Waals surface area contributed by atoms with Gasteiger partial charge in [0.2, 0.25) is 5.91 Å². The van der Waals surface area contributed by atoms with Gasteiger partial charge in [-0.2, -0.15) is 0 Å². The van der Waals surface area contributed by atoms with E-state index in [-0.39, 0.29) is 12.4 Å². The van der Waals surface area contributed by atoms with Crippen LogP contribution in [0.5, 0.6) is 0 Å². The predicted molar refractivity (Wildman–Crippen MR) is 67.8 cm³/mol. The molecular formula is C12H23ClN2O. The highest BCUT2D eigenvalue weighted by Gasteiger charge is 2.28. The van der Waals surface area contributed by atoms with Crippen LogP contribution in [-0.4, -0.2) is 37.5 Å². The zero-order chi connectivity index (χ0) is 10.7. The number of hydrogen-bond donors (Lipinski definition) is 1. The first kappa shape index (κ1) is 13.8. The second-order valence-corrected chi connectivity index (χ2v) is 5.04. The molecule has 2 fully saturated rings. The third-order valence-corrected chi connectivity index (χ3v) is 3.82. The van der Waals surface area contributed by atoms with Gasteiger partial charge in [-0.25, -0.2) is 0 Å². The van der Waals surface area contributed by atoms with Gasteiger partial charge >= 0.3 is 0 Å². The largest absolute Gasteiger partial charge is 0.345 e. The highest BCUT2D eigenvalue weighted by atomic mass is 35.5. The molecule has 0 bridgehead atoms. The van der Waals surface area contributed by atoms with Crippen LogP contribution in [0.3, 0.4) is 0 Å². The quantitative estimate of drug-likeness (QED) is 0.822. The lowest BCUT2D eigenvalue weighted by Gasteiger charge is -2.32. The SMILES string of the molecule is CN(CC1CCNCC1)C(=O)C1CCC1.Cl. The van der Waals surface area contributed by atoms with Crippen molar-refractivity contribution in [1.29, 1.82) is 0 Å². The number of carbonyl (C=O) groups is 1. The Morgan fingerprint density at radius 3 is 2.38 bits per heavy atom. The van der Waals surface area contributed by atoms with Gasteiger partial charge < -0.3 is 10.2 Å². The molecule has 16 heavy (non-hydrogen) atoms. The Labute approximate surface area is 104 Å². The molecule has 0 unspecified atom stereocenters. The summed E-state index contributed by atoms with van der Waals surface area (Å²) in [5.74, 6) is 1.47. The molecule has 2 aliphatic rings. The maximum atomic E-state index is 11.9. The topological polar surface area (TPSA) is 32.3 Å². The molecule has 0 aromatic heterocycles. The van der Waals surface area contributed by atoms with E-state index in [4.69, 9.17) is 0 Å². The van der Waals surface area contributed by atoms with Crippen LogP contribution in [0.2, 0.25) is 0 Å². The summed E-state index contributed by atoms with van der Waals surface area (Å²) in [5, 5.41) is 3.36. The van der Waals surface area contributed by atoms with Crippen LogP contribution in [0, 0.1) is 11.8 Å². The number of nitrogens with zero attached hydrogens (tertiary/aromatic N) is 1. The summed E-state index contributed by atoms with van der Waals surface area (Å²) >= 11 is 0. The summed E-state index contributed by atoms with van der Waals surface area (Å²) in [6.45, 7) is 3.21. The molecule has 1 heterocycles. The number of piperidine rings is 1. The van der Waals surface area contributed by atoms with E-state index in [0.29, 0.717) is 11.8 Å². The van der Waals surface area contributed by atoms with Crippen LogP contribution < -0.4 is 5.32 Å². The summed E-state index contributed by atoms with van der Waals surface area (Å²) in [7, 11) is 1.97. The first-order valence-corrected chi connectivity index (χ1v) is 6.23. The van der Waals surface area contributed by atoms with Gasteiger partial charge in [0, 0.05) is 19.5 Å². The highest BCUT2D eigenvalue weighted by molar-refractivity contribution is 5.85. The highest BCUT2D eigenvalue weighted by Crippen LogP contribution is 2.28. The Balaban J connectivity index is 0.00000128. The molecule has 0 radical (unpaired) electrons. The van der Waals surface area contributed by atoms with Crippen LogP contribution in [0.4, 0.5) is 0 Å². The van der Waals surface area contributed by atoms with E-state index in [1.54, 1.807) is 0 Å². The van der Waals surface area contributed by atoms with Crippen molar-refractivity contribution in [2.24, 2.45) is 11.8 Å². The lowest BCUT2D eigenvalue weighted by molar-refractivity contribution is -0.137. The summed E-state index contributed by atoms with van der Waals surface area (Å²) < 4.78 is 0. The Morgan fingerprint density at radius 2 is 1.88 bits per heavy atom. The molecule has 1 saturated carbocycles. The number of carbonyl (C=O) groups excluding carboxylic acids is 1. The third-order valence-electron chi connectivity index (χ3n) is 3.82. The van der Waals surface area contributed by atoms with E-state index in [2.05, 4.69) is 5.32 Å². The average Bonchev–Trinajstić information content (AvgIpc) is 2.16. The fourth-order valence-electron chi connectivity index (χ4n) is 2.51. The zero-order valence-electron chi connectivity index (χ0n) is 10.1. The lowest BCUT2D eigenvalue weighted by atomic mass is 9.84. The molecule has 0 spiro atoms. The van der Waals surface area contributed by atoms with Crippen molar-refractivity contribution in [2.75, 3.05) is 26.7 Å². The molecule has 1 aliphatic heterocycles. The van der Waals surface area contributed by atoms with Gasteiger partial charge in [-0.1, -0.05) is 6.42 Å². The molecule has 4 heteroatoms. The van der Waals surface area contributed by atoms with E-state index in [1.807, 2.05) is 11.9 Å². The number of hydrogen-bond acceptors (Lipinski definition) is 2. The zero-order valence-corrected chi connectivity index (χ0v) is 10.9. The number of amides is 1. The van der Waals surface area contributed by atoms with Gasteiger partial charge in [-0.15, -0.1) is 12.4 Å². The molecule has 0 aromatic carbocycles. The maximum absolute atomic E-state index is 11.9. The van der Waals surface area contributed by atoms with Gasteiger partial charge in [-0.05, 0) is 44.7 Å². The second kappa shape index (κ2) is 6.45. The number of halogens is 1. The van der Waals surface area contributed by atoms with Crippen LogP contribution in [-0.2, 0) is 4.79 Å². The molecule has 1 N–H and O–H groups in total. The van der Waals surface area contributed by atoms with Gasteiger partial charge in [0.25, 0.3) is 0 Å². The van der Waals surface area contributed by atoms with Crippen LogP contribution >= 0.6 is 12.4 Å². The normalized spacial score (nSPS) is 22.1. The molecule has 3 nitrogen and oxygen atoms in total. The van der Waals surface area contributed by atoms with Gasteiger partial charge in [0.1, 0.15) is 0 Å². The molecule has 2 rings (SSSR count). The van der Waals surface area contributed by atoms with Crippen molar-refractivity contribution in [1.82, 2.24) is 10.2 Å². The van der Waals surface area contributed by atoms with Crippen LogP contribution in [0.1, 0.15) is 32.1 Å². The predicted octanol–water partition coefficient (Wildman–Crippen LogP) is 1.67. The van der Waals surface area contributed by atoms with Crippen molar-refractivity contribution in [3.05, 3.63) is 0 Å². The molecule has 0 atom stereocenters. The Morgan fingerprint density at radius 1 is 1.25 bits per heavy atom. The second-order valence-electron chi connectivity index (χ2n) is 5.04. The minimum absolute atomic E-state index is 0. The van der Waals surface area contributed by atoms with E-state index in [1.165, 1.54) is 19.3 Å². The van der Waals surface area contributed by atoms with E-state index in [9.17, 15) is 4.79 Å². The molecule has 1 aliphatic carbocycles. The van der Waals surface area contributed by atoms with E-state index < -0.39 is 0 Å². The number of rotatable bonds is 3. The maximum Gasteiger partial charge on any atom is 0.225 e. The minimum atomic E-state index is 0. The number of nitrogens with one attached hydrogen (secondary N) is 1.